The first-order chi connectivity index (χ1) is 14.6. The van der Waals surface area contributed by atoms with Crippen molar-refractivity contribution in [3.63, 3.8) is 0 Å². The Balaban J connectivity index is 1.45. The van der Waals surface area contributed by atoms with E-state index < -0.39 is 17.8 Å². The number of ether oxygens (including phenoxy) is 1. The minimum absolute atomic E-state index is 0.0947. The van der Waals surface area contributed by atoms with Crippen molar-refractivity contribution in [2.24, 2.45) is 7.05 Å². The van der Waals surface area contributed by atoms with E-state index in [2.05, 4.69) is 15.5 Å². The second-order valence-electron chi connectivity index (χ2n) is 7.06. The third-order valence-electron chi connectivity index (χ3n) is 4.58. The Hall–Kier alpha value is -3.34. The average molecular weight is 449 g/mol. The number of carbonyl (C=O) groups is 1. The van der Waals surface area contributed by atoms with E-state index in [-0.39, 0.29) is 21.8 Å². The van der Waals surface area contributed by atoms with Crippen molar-refractivity contribution in [1.82, 2.24) is 19.6 Å². The monoisotopic (exact) mass is 449 g/mol. The van der Waals surface area contributed by atoms with E-state index in [0.717, 1.165) is 32.9 Å². The molecule has 0 bridgehead atoms. The van der Waals surface area contributed by atoms with Crippen LogP contribution in [0.1, 0.15) is 26.5 Å². The molecular formula is C20H18F3N5O2S. The Labute approximate surface area is 179 Å². The topological polar surface area (TPSA) is 74.0 Å². The first-order valence-corrected chi connectivity index (χ1v) is 10.0. The number of aromatic nitrogens is 4. The van der Waals surface area contributed by atoms with Crippen LogP contribution in [0.4, 0.5) is 18.9 Å². The highest BCUT2D eigenvalue weighted by atomic mass is 32.1. The fraction of sp³-hybridized carbons (Fsp3) is 0.250. The summed E-state index contributed by atoms with van der Waals surface area (Å²) < 4.78 is 47.8. The first kappa shape index (κ1) is 20.9. The average Bonchev–Trinajstić information content (AvgIpc) is 3.37. The van der Waals surface area contributed by atoms with Crippen molar-refractivity contribution in [3.8, 4) is 5.75 Å². The lowest BCUT2D eigenvalue weighted by atomic mass is 10.1. The largest absolute Gasteiger partial charge is 0.471 e. The second kappa shape index (κ2) is 7.73. The van der Waals surface area contributed by atoms with Crippen LogP contribution in [0.15, 0.2) is 36.7 Å². The number of amides is 1. The third-order valence-corrected chi connectivity index (χ3v) is 5.78. The molecule has 1 amide bonds. The number of thiophene rings is 1. The second-order valence-corrected chi connectivity index (χ2v) is 8.10. The molecular weight excluding hydrogens is 431 g/mol. The molecule has 0 unspecified atom stereocenters. The molecule has 0 aliphatic heterocycles. The summed E-state index contributed by atoms with van der Waals surface area (Å²) in [6.45, 7) is 4.08. The smallest absolute Gasteiger partial charge is 0.435 e. The van der Waals surface area contributed by atoms with Gasteiger partial charge in [-0.15, -0.1) is 11.3 Å². The summed E-state index contributed by atoms with van der Waals surface area (Å²) in [7, 11) is 1.41. The standard InChI is InChI=1S/C20H18F3N5O2S/c1-11-4-5-15(12(2)6-11)30-10-28-9-13(8-24-28)25-18(29)16-7-14-17(20(21,22)23)26-27(3)19(14)31-16/h4-9H,10H2,1-3H3,(H,25,29). The van der Waals surface area contributed by atoms with Crippen LogP contribution in [0.5, 0.6) is 5.75 Å². The number of halogens is 3. The number of hydrogen-bond acceptors (Lipinski definition) is 5. The summed E-state index contributed by atoms with van der Waals surface area (Å²) in [5, 5.41) is 10.2. The minimum atomic E-state index is -4.59. The van der Waals surface area contributed by atoms with Crippen LogP contribution < -0.4 is 10.1 Å². The van der Waals surface area contributed by atoms with Gasteiger partial charge < -0.3 is 10.1 Å². The number of fused-ring (bicyclic) bond motifs is 1. The first-order valence-electron chi connectivity index (χ1n) is 9.19. The van der Waals surface area contributed by atoms with Gasteiger partial charge in [0.2, 0.25) is 0 Å². The number of benzene rings is 1. The van der Waals surface area contributed by atoms with Crippen LogP contribution in [0, 0.1) is 13.8 Å². The van der Waals surface area contributed by atoms with Crippen molar-refractivity contribution in [2.45, 2.75) is 26.8 Å². The predicted molar refractivity (Wildman–Crippen MR) is 110 cm³/mol. The van der Waals surface area contributed by atoms with Crippen molar-refractivity contribution in [2.75, 3.05) is 5.32 Å². The van der Waals surface area contributed by atoms with Gasteiger partial charge in [-0.05, 0) is 31.5 Å². The molecule has 4 aromatic rings. The Morgan fingerprint density at radius 3 is 2.74 bits per heavy atom. The predicted octanol–water partition coefficient (Wildman–Crippen LogP) is 4.76. The number of hydrogen-bond donors (Lipinski definition) is 1. The van der Waals surface area contributed by atoms with Gasteiger partial charge in [0.1, 0.15) is 10.6 Å². The maximum absolute atomic E-state index is 13.1. The van der Waals surface area contributed by atoms with Gasteiger partial charge in [0, 0.05) is 12.4 Å². The Bertz CT molecular complexity index is 1270. The van der Waals surface area contributed by atoms with Gasteiger partial charge in [0.05, 0.1) is 23.0 Å². The van der Waals surface area contributed by atoms with Crippen molar-refractivity contribution in [1.29, 1.82) is 0 Å². The lowest BCUT2D eigenvalue weighted by molar-refractivity contribution is -0.140. The van der Waals surface area contributed by atoms with Crippen LogP contribution in [0.25, 0.3) is 10.2 Å². The molecule has 0 aliphatic rings. The van der Waals surface area contributed by atoms with Gasteiger partial charge in [-0.1, -0.05) is 17.7 Å². The van der Waals surface area contributed by atoms with Crippen molar-refractivity contribution >= 4 is 33.1 Å². The summed E-state index contributed by atoms with van der Waals surface area (Å²) >= 11 is 0.942. The third kappa shape index (κ3) is 4.26. The zero-order valence-corrected chi connectivity index (χ0v) is 17.6. The number of nitrogens with one attached hydrogen (secondary N) is 1. The van der Waals surface area contributed by atoms with Gasteiger partial charge >= 0.3 is 6.18 Å². The molecule has 0 atom stereocenters. The van der Waals surface area contributed by atoms with E-state index in [1.54, 1.807) is 6.20 Å². The molecule has 7 nitrogen and oxygen atoms in total. The lowest BCUT2D eigenvalue weighted by Gasteiger charge is -2.09. The van der Waals surface area contributed by atoms with Crippen LogP contribution >= 0.6 is 11.3 Å². The molecule has 0 fully saturated rings. The highest BCUT2D eigenvalue weighted by Crippen LogP contribution is 2.37. The highest BCUT2D eigenvalue weighted by molar-refractivity contribution is 7.20. The van der Waals surface area contributed by atoms with Crippen LogP contribution in [0.3, 0.4) is 0 Å². The van der Waals surface area contributed by atoms with E-state index in [1.807, 2.05) is 32.0 Å². The molecule has 162 valence electrons. The molecule has 31 heavy (non-hydrogen) atoms. The summed E-state index contributed by atoms with van der Waals surface area (Å²) in [5.74, 6) is 0.204. The van der Waals surface area contributed by atoms with Gasteiger partial charge in [-0.3, -0.25) is 9.48 Å². The molecule has 0 aliphatic carbocycles. The van der Waals surface area contributed by atoms with Crippen LogP contribution in [-0.4, -0.2) is 25.5 Å². The number of nitrogens with zero attached hydrogens (tertiary/aromatic N) is 4. The van der Waals surface area contributed by atoms with Crippen molar-refractivity contribution in [3.05, 3.63) is 58.4 Å². The SMILES string of the molecule is Cc1ccc(OCn2cc(NC(=O)c3cc4c(C(F)(F)F)nn(C)c4s3)cn2)c(C)c1. The normalized spacial score (nSPS) is 11.8. The molecule has 0 saturated carbocycles. The molecule has 0 saturated heterocycles. The number of anilines is 1. The van der Waals surface area contributed by atoms with E-state index in [1.165, 1.54) is 24.0 Å². The number of rotatable bonds is 5. The Morgan fingerprint density at radius 2 is 2.03 bits per heavy atom. The summed E-state index contributed by atoms with van der Waals surface area (Å²) in [4.78, 5) is 13.0. The lowest BCUT2D eigenvalue weighted by Crippen LogP contribution is -2.10. The highest BCUT2D eigenvalue weighted by Gasteiger charge is 2.37. The number of aryl methyl sites for hydroxylation is 3. The van der Waals surface area contributed by atoms with Crippen molar-refractivity contribution < 1.29 is 22.7 Å². The zero-order valence-electron chi connectivity index (χ0n) is 16.8. The summed E-state index contributed by atoms with van der Waals surface area (Å²) in [6, 6.07) is 7.04. The van der Waals surface area contributed by atoms with Gasteiger partial charge in [-0.2, -0.15) is 23.4 Å². The van der Waals surface area contributed by atoms with Crippen LogP contribution in [0.2, 0.25) is 0 Å². The number of carbonyl (C=O) groups excluding carboxylic acids is 1. The molecule has 1 aromatic carbocycles. The quantitative estimate of drug-likeness (QED) is 0.477. The van der Waals surface area contributed by atoms with Gasteiger partial charge in [0.25, 0.3) is 5.91 Å². The minimum Gasteiger partial charge on any atom is -0.471 e. The molecule has 1 N–H and O–H groups in total. The van der Waals surface area contributed by atoms with Gasteiger partial charge in [-0.25, -0.2) is 4.68 Å². The van der Waals surface area contributed by atoms with E-state index in [0.29, 0.717) is 5.69 Å². The summed E-state index contributed by atoms with van der Waals surface area (Å²) in [5.41, 5.74) is 1.53. The van der Waals surface area contributed by atoms with E-state index in [4.69, 9.17) is 4.74 Å². The summed E-state index contributed by atoms with van der Waals surface area (Å²) in [6.07, 6.45) is -1.57. The Morgan fingerprint density at radius 1 is 1.26 bits per heavy atom. The zero-order chi connectivity index (χ0) is 22.3. The van der Waals surface area contributed by atoms with Crippen LogP contribution in [-0.2, 0) is 20.0 Å². The molecule has 0 radical (unpaired) electrons. The molecule has 4 rings (SSSR count). The fourth-order valence-electron chi connectivity index (χ4n) is 3.15. The van der Waals surface area contributed by atoms with E-state index >= 15 is 0 Å². The molecule has 11 heteroatoms. The fourth-order valence-corrected chi connectivity index (χ4v) is 4.12. The molecule has 3 aromatic heterocycles. The Kier molecular flexibility index (Phi) is 5.21. The number of alkyl halides is 3. The maximum atomic E-state index is 13.1. The molecule has 0 spiro atoms. The maximum Gasteiger partial charge on any atom is 0.435 e. The molecule has 3 heterocycles. The van der Waals surface area contributed by atoms with Gasteiger partial charge in [0.15, 0.2) is 12.4 Å². The van der Waals surface area contributed by atoms with E-state index in [9.17, 15) is 18.0 Å².